The van der Waals surface area contributed by atoms with E-state index in [4.69, 9.17) is 9.84 Å². The number of anilines is 2. The highest BCUT2D eigenvalue weighted by Gasteiger charge is 2.18. The van der Waals surface area contributed by atoms with E-state index in [1.807, 2.05) is 0 Å². The van der Waals surface area contributed by atoms with Crippen molar-refractivity contribution in [1.82, 2.24) is 0 Å². The molecule has 0 atom stereocenters. The largest absolute Gasteiger partial charge is 0.478 e. The molecule has 162 valence electrons. The zero-order valence-corrected chi connectivity index (χ0v) is 16.8. The number of para-hydroxylation sites is 2. The first-order valence-electron chi connectivity index (χ1n) is 9.31. The summed E-state index contributed by atoms with van der Waals surface area (Å²) >= 11 is 0. The number of carbonyl (C=O) groups excluding carboxylic acids is 2. The molecule has 0 saturated heterocycles. The van der Waals surface area contributed by atoms with Crippen molar-refractivity contribution in [3.63, 3.8) is 0 Å². The molecule has 0 bridgehead atoms. The van der Waals surface area contributed by atoms with Gasteiger partial charge in [0.1, 0.15) is 5.75 Å². The summed E-state index contributed by atoms with van der Waals surface area (Å²) in [5, 5.41) is 23.7. The summed E-state index contributed by atoms with van der Waals surface area (Å²) in [7, 11) is 0. The Kier molecular flexibility index (Phi) is 6.50. The quantitative estimate of drug-likeness (QED) is 0.439. The van der Waals surface area contributed by atoms with Crippen LogP contribution < -0.4 is 15.4 Å². The van der Waals surface area contributed by atoms with Gasteiger partial charge < -0.3 is 25.6 Å². The number of carbonyl (C=O) groups is 4. The number of rotatable bonds is 7. The molecular weight excluding hydrogens is 416 g/mol. The molecule has 0 spiro atoms. The molecule has 2 amide bonds. The van der Waals surface area contributed by atoms with E-state index in [-0.39, 0.29) is 23.0 Å². The third-order valence-electron chi connectivity index (χ3n) is 4.28. The van der Waals surface area contributed by atoms with Gasteiger partial charge in [0.25, 0.3) is 5.91 Å². The van der Waals surface area contributed by atoms with Crippen LogP contribution in [-0.4, -0.2) is 34.0 Å². The number of nitrogens with one attached hydrogen (secondary N) is 2. The van der Waals surface area contributed by atoms with Crippen LogP contribution in [0.15, 0.2) is 66.7 Å². The summed E-state index contributed by atoms with van der Waals surface area (Å²) < 4.78 is 5.72. The molecule has 0 heterocycles. The Morgan fingerprint density at radius 3 is 2.06 bits per heavy atom. The number of amides is 2. The minimum absolute atomic E-state index is 0.0914. The predicted molar refractivity (Wildman–Crippen MR) is 116 cm³/mol. The highest BCUT2D eigenvalue weighted by Crippen LogP contribution is 2.31. The standard InChI is InChI=1S/C23H18N2O7/c1-13(26)24-15-8-6-14(7-9-15)21(27)25-19-4-2-3-5-20(19)32-16-10-11-17(22(28)29)18(12-16)23(30)31/h2-12H,1H3,(H,24,26)(H,25,27)(H,28,29)(H,30,31). The van der Waals surface area contributed by atoms with Gasteiger partial charge in [0, 0.05) is 18.2 Å². The Morgan fingerprint density at radius 1 is 0.781 bits per heavy atom. The van der Waals surface area contributed by atoms with Gasteiger partial charge in [0.05, 0.1) is 16.8 Å². The Morgan fingerprint density at radius 2 is 1.44 bits per heavy atom. The van der Waals surface area contributed by atoms with E-state index < -0.39 is 23.4 Å². The smallest absolute Gasteiger partial charge is 0.336 e. The van der Waals surface area contributed by atoms with E-state index in [0.29, 0.717) is 16.9 Å². The molecule has 0 saturated carbocycles. The summed E-state index contributed by atoms with van der Waals surface area (Å²) in [6.45, 7) is 1.38. The lowest BCUT2D eigenvalue weighted by atomic mass is 10.1. The van der Waals surface area contributed by atoms with Crippen molar-refractivity contribution < 1.29 is 34.1 Å². The molecule has 3 rings (SSSR count). The maximum atomic E-state index is 12.6. The monoisotopic (exact) mass is 434 g/mol. The van der Waals surface area contributed by atoms with E-state index in [2.05, 4.69) is 10.6 Å². The van der Waals surface area contributed by atoms with Crippen LogP contribution in [-0.2, 0) is 4.79 Å². The van der Waals surface area contributed by atoms with Crippen molar-refractivity contribution in [3.05, 3.63) is 83.4 Å². The van der Waals surface area contributed by atoms with Crippen LogP contribution in [0.5, 0.6) is 11.5 Å². The first-order chi connectivity index (χ1) is 15.2. The van der Waals surface area contributed by atoms with Gasteiger partial charge in [-0.15, -0.1) is 0 Å². The van der Waals surface area contributed by atoms with Crippen LogP contribution in [0.4, 0.5) is 11.4 Å². The summed E-state index contributed by atoms with van der Waals surface area (Å²) in [6, 6.07) is 16.4. The molecule has 9 heteroatoms. The van der Waals surface area contributed by atoms with E-state index in [1.165, 1.54) is 13.0 Å². The third kappa shape index (κ3) is 5.28. The minimum atomic E-state index is -1.41. The van der Waals surface area contributed by atoms with Gasteiger partial charge in [0.2, 0.25) is 5.91 Å². The van der Waals surface area contributed by atoms with Crippen LogP contribution in [0.2, 0.25) is 0 Å². The molecule has 0 aliphatic heterocycles. The second-order valence-corrected chi connectivity index (χ2v) is 6.63. The van der Waals surface area contributed by atoms with Gasteiger partial charge in [-0.25, -0.2) is 9.59 Å². The highest BCUT2D eigenvalue weighted by atomic mass is 16.5. The average Bonchev–Trinajstić information content (AvgIpc) is 2.75. The Labute approximate surface area is 182 Å². The van der Waals surface area contributed by atoms with E-state index in [1.54, 1.807) is 48.5 Å². The Bertz CT molecular complexity index is 1200. The second-order valence-electron chi connectivity index (χ2n) is 6.63. The molecular formula is C23H18N2O7. The molecule has 0 unspecified atom stereocenters. The maximum Gasteiger partial charge on any atom is 0.336 e. The van der Waals surface area contributed by atoms with E-state index >= 15 is 0 Å². The number of ether oxygens (including phenoxy) is 1. The minimum Gasteiger partial charge on any atom is -0.478 e. The summed E-state index contributed by atoms with van der Waals surface area (Å²) in [4.78, 5) is 46.3. The van der Waals surface area contributed by atoms with Crippen LogP contribution in [0.3, 0.4) is 0 Å². The van der Waals surface area contributed by atoms with Gasteiger partial charge in [-0.1, -0.05) is 12.1 Å². The number of hydrogen-bond acceptors (Lipinski definition) is 5. The fraction of sp³-hybridized carbons (Fsp3) is 0.0435. The molecule has 0 aliphatic rings. The van der Waals surface area contributed by atoms with Gasteiger partial charge in [-0.05, 0) is 54.6 Å². The molecule has 4 N–H and O–H groups in total. The number of hydrogen-bond donors (Lipinski definition) is 4. The number of benzene rings is 3. The molecule has 0 aromatic heterocycles. The van der Waals surface area contributed by atoms with Gasteiger partial charge in [0.15, 0.2) is 5.75 Å². The number of carboxylic acids is 2. The predicted octanol–water partition coefficient (Wildman–Crippen LogP) is 4.09. The number of aromatic carboxylic acids is 2. The molecule has 9 nitrogen and oxygen atoms in total. The van der Waals surface area contributed by atoms with E-state index in [9.17, 15) is 24.3 Å². The first kappa shape index (κ1) is 22.0. The Hall–Kier alpha value is -4.66. The van der Waals surface area contributed by atoms with Crippen molar-refractivity contribution in [2.24, 2.45) is 0 Å². The van der Waals surface area contributed by atoms with Crippen LogP contribution in [0.25, 0.3) is 0 Å². The van der Waals surface area contributed by atoms with Crippen LogP contribution in [0, 0.1) is 0 Å². The van der Waals surface area contributed by atoms with Crippen molar-refractivity contribution in [2.75, 3.05) is 10.6 Å². The lowest BCUT2D eigenvalue weighted by Gasteiger charge is -2.13. The molecule has 32 heavy (non-hydrogen) atoms. The maximum absolute atomic E-state index is 12.6. The first-order valence-corrected chi connectivity index (χ1v) is 9.31. The fourth-order valence-corrected chi connectivity index (χ4v) is 2.84. The lowest BCUT2D eigenvalue weighted by molar-refractivity contribution is -0.114. The Balaban J connectivity index is 1.81. The zero-order chi connectivity index (χ0) is 23.3. The molecule has 0 aliphatic carbocycles. The van der Waals surface area contributed by atoms with Gasteiger partial charge in [-0.3, -0.25) is 9.59 Å². The number of carboxylic acid groups (broad SMARTS) is 2. The van der Waals surface area contributed by atoms with Crippen LogP contribution >= 0.6 is 0 Å². The lowest BCUT2D eigenvalue weighted by Crippen LogP contribution is -2.13. The molecule has 3 aromatic carbocycles. The topological polar surface area (TPSA) is 142 Å². The normalized spacial score (nSPS) is 10.2. The summed E-state index contributed by atoms with van der Waals surface area (Å²) in [6.07, 6.45) is 0. The summed E-state index contributed by atoms with van der Waals surface area (Å²) in [5.41, 5.74) is 0.428. The van der Waals surface area contributed by atoms with E-state index in [0.717, 1.165) is 12.1 Å². The van der Waals surface area contributed by atoms with Crippen molar-refractivity contribution in [3.8, 4) is 11.5 Å². The zero-order valence-electron chi connectivity index (χ0n) is 16.8. The summed E-state index contributed by atoms with van der Waals surface area (Å²) in [5.74, 6) is -3.11. The van der Waals surface area contributed by atoms with Gasteiger partial charge >= 0.3 is 11.9 Å². The SMILES string of the molecule is CC(=O)Nc1ccc(C(=O)Nc2ccccc2Oc2ccc(C(=O)O)c(C(=O)O)c2)cc1. The molecule has 0 fully saturated rings. The second kappa shape index (κ2) is 9.43. The third-order valence-corrected chi connectivity index (χ3v) is 4.28. The molecule has 0 radical (unpaired) electrons. The van der Waals surface area contributed by atoms with Crippen molar-refractivity contribution >= 4 is 35.1 Å². The van der Waals surface area contributed by atoms with Crippen molar-refractivity contribution in [2.45, 2.75) is 6.92 Å². The van der Waals surface area contributed by atoms with Gasteiger partial charge in [-0.2, -0.15) is 0 Å². The highest BCUT2D eigenvalue weighted by molar-refractivity contribution is 6.05. The average molecular weight is 434 g/mol. The van der Waals surface area contributed by atoms with Crippen LogP contribution in [0.1, 0.15) is 38.0 Å². The van der Waals surface area contributed by atoms with Crippen molar-refractivity contribution in [1.29, 1.82) is 0 Å². The molecule has 3 aromatic rings. The fourth-order valence-electron chi connectivity index (χ4n) is 2.84.